The fraction of sp³-hybridized carbons (Fsp3) is 0.267. The van der Waals surface area contributed by atoms with Crippen LogP contribution in [0.3, 0.4) is 0 Å². The van der Waals surface area contributed by atoms with Crippen molar-refractivity contribution >= 4 is 56.6 Å². The lowest BCUT2D eigenvalue weighted by atomic mass is 10.2. The van der Waals surface area contributed by atoms with Crippen molar-refractivity contribution in [1.82, 2.24) is 19.9 Å². The Hall–Kier alpha value is -4.21. The molecule has 4 aromatic rings. The number of carbonyl (C=O) groups is 2. The van der Waals surface area contributed by atoms with E-state index in [-0.39, 0.29) is 44.2 Å². The van der Waals surface area contributed by atoms with Crippen LogP contribution >= 0.6 is 23.5 Å². The first-order valence-corrected chi connectivity index (χ1v) is 17.5. The Labute approximate surface area is 268 Å². The number of aryl methyl sites for hydroxylation is 2. The lowest BCUT2D eigenvalue weighted by Crippen LogP contribution is -2.16. The standard InChI is InChI=1S/C30H32N6O6S3/c1-3-5-21-15-25(37)35-29(33-21)43-17-27(39)31-19-7-11-23(12-8-19)45(41,42)24-13-9-20(10-14-24)32-28(40)18-44-30-34-22(6-4-2)16-26(38)36-30/h7-16H,3-6,17-18H2,1-2H3,(H,31,39)(H,32,40)(H,33,35,37)(H,34,36,38). The van der Waals surface area contributed by atoms with Crippen molar-refractivity contribution in [2.75, 3.05) is 22.1 Å². The van der Waals surface area contributed by atoms with E-state index >= 15 is 0 Å². The molecule has 0 bridgehead atoms. The molecule has 4 rings (SSSR count). The molecule has 0 aliphatic heterocycles. The SMILES string of the molecule is CCCc1cc(=O)[nH]c(SCC(=O)Nc2ccc(S(=O)(=O)c3ccc(NC(=O)CSc4nc(CCC)cc(=O)[nH]4)cc3)cc2)n1. The van der Waals surface area contributed by atoms with Gasteiger partial charge in [-0.15, -0.1) is 0 Å². The van der Waals surface area contributed by atoms with E-state index in [9.17, 15) is 27.6 Å². The number of H-pyrrole nitrogens is 2. The average Bonchev–Trinajstić information content (AvgIpc) is 2.99. The minimum Gasteiger partial charge on any atom is -0.325 e. The van der Waals surface area contributed by atoms with Crippen molar-refractivity contribution in [1.29, 1.82) is 0 Å². The van der Waals surface area contributed by atoms with Crippen LogP contribution in [0.5, 0.6) is 0 Å². The van der Waals surface area contributed by atoms with Gasteiger partial charge in [0.25, 0.3) is 11.1 Å². The molecule has 2 aromatic carbocycles. The molecule has 15 heteroatoms. The first-order valence-electron chi connectivity index (χ1n) is 14.1. The summed E-state index contributed by atoms with van der Waals surface area (Å²) in [6.07, 6.45) is 3.01. The summed E-state index contributed by atoms with van der Waals surface area (Å²) in [6.45, 7) is 3.97. The van der Waals surface area contributed by atoms with Crippen molar-refractivity contribution in [3.63, 3.8) is 0 Å². The number of hydrogen-bond acceptors (Lipinski definition) is 10. The highest BCUT2D eigenvalue weighted by Crippen LogP contribution is 2.24. The second kappa shape index (κ2) is 15.7. The maximum atomic E-state index is 13.2. The van der Waals surface area contributed by atoms with Gasteiger partial charge in [-0.25, -0.2) is 18.4 Å². The Morgan fingerprint density at radius 1 is 0.689 bits per heavy atom. The van der Waals surface area contributed by atoms with Crippen LogP contribution in [0.25, 0.3) is 0 Å². The van der Waals surface area contributed by atoms with Crippen LogP contribution in [0.15, 0.2) is 90.4 Å². The minimum atomic E-state index is -3.87. The molecule has 45 heavy (non-hydrogen) atoms. The van der Waals surface area contributed by atoms with Gasteiger partial charge in [0.1, 0.15) is 0 Å². The molecule has 2 heterocycles. The smallest absolute Gasteiger partial charge is 0.251 e. The minimum absolute atomic E-state index is 0.00267. The summed E-state index contributed by atoms with van der Waals surface area (Å²) in [6, 6.07) is 14.4. The number of sulfone groups is 1. The van der Waals surface area contributed by atoms with Crippen LogP contribution in [0.2, 0.25) is 0 Å². The van der Waals surface area contributed by atoms with Crippen LogP contribution in [-0.4, -0.2) is 51.7 Å². The molecule has 4 N–H and O–H groups in total. The Morgan fingerprint density at radius 3 is 1.42 bits per heavy atom. The second-order valence-corrected chi connectivity index (χ2v) is 13.7. The van der Waals surface area contributed by atoms with Crippen LogP contribution in [0, 0.1) is 0 Å². The van der Waals surface area contributed by atoms with Gasteiger partial charge in [0.2, 0.25) is 21.7 Å². The highest BCUT2D eigenvalue weighted by atomic mass is 32.2. The van der Waals surface area contributed by atoms with E-state index in [1.165, 1.54) is 60.7 Å². The maximum Gasteiger partial charge on any atom is 0.251 e. The largest absolute Gasteiger partial charge is 0.325 e. The number of nitrogens with one attached hydrogen (secondary N) is 4. The quantitative estimate of drug-likeness (QED) is 0.113. The van der Waals surface area contributed by atoms with Gasteiger partial charge >= 0.3 is 0 Å². The highest BCUT2D eigenvalue weighted by Gasteiger charge is 2.18. The molecule has 0 atom stereocenters. The Morgan fingerprint density at radius 2 is 1.07 bits per heavy atom. The molecule has 12 nitrogen and oxygen atoms in total. The molecule has 0 spiro atoms. The lowest BCUT2D eigenvalue weighted by Gasteiger charge is -2.09. The second-order valence-electron chi connectivity index (χ2n) is 9.81. The first kappa shape index (κ1) is 33.7. The van der Waals surface area contributed by atoms with E-state index in [1.807, 2.05) is 13.8 Å². The Kier molecular flexibility index (Phi) is 11.7. The molecule has 0 unspecified atom stereocenters. The van der Waals surface area contributed by atoms with Crippen molar-refractivity contribution in [2.24, 2.45) is 0 Å². The number of nitrogens with zero attached hydrogens (tertiary/aromatic N) is 2. The number of aromatic amines is 2. The van der Waals surface area contributed by atoms with Crippen molar-refractivity contribution < 1.29 is 18.0 Å². The van der Waals surface area contributed by atoms with E-state index in [0.29, 0.717) is 45.9 Å². The molecule has 0 saturated heterocycles. The molecular formula is C30H32N6O6S3. The molecule has 0 saturated carbocycles. The van der Waals surface area contributed by atoms with Crippen molar-refractivity contribution in [2.45, 2.75) is 59.6 Å². The summed E-state index contributed by atoms with van der Waals surface area (Å²) in [5, 5.41) is 6.12. The summed E-state index contributed by atoms with van der Waals surface area (Å²) in [4.78, 5) is 62.5. The predicted molar refractivity (Wildman–Crippen MR) is 175 cm³/mol. The summed E-state index contributed by atoms with van der Waals surface area (Å²) < 4.78 is 26.3. The van der Waals surface area contributed by atoms with E-state index in [1.54, 1.807) is 0 Å². The third-order valence-electron chi connectivity index (χ3n) is 6.13. The topological polar surface area (TPSA) is 184 Å². The molecule has 0 fully saturated rings. The fourth-order valence-corrected chi connectivity index (χ4v) is 6.75. The van der Waals surface area contributed by atoms with Crippen molar-refractivity contribution in [3.8, 4) is 0 Å². The third-order valence-corrected chi connectivity index (χ3v) is 9.67. The van der Waals surface area contributed by atoms with Crippen LogP contribution in [0.4, 0.5) is 11.4 Å². The third kappa shape index (κ3) is 9.89. The van der Waals surface area contributed by atoms with Gasteiger partial charge < -0.3 is 20.6 Å². The maximum absolute atomic E-state index is 13.2. The van der Waals surface area contributed by atoms with Crippen LogP contribution in [0.1, 0.15) is 38.1 Å². The van der Waals surface area contributed by atoms with Gasteiger partial charge in [-0.05, 0) is 61.4 Å². The van der Waals surface area contributed by atoms with E-state index in [4.69, 9.17) is 0 Å². The molecule has 236 valence electrons. The average molecular weight is 669 g/mol. The Bertz CT molecular complexity index is 1740. The zero-order valence-electron chi connectivity index (χ0n) is 24.6. The monoisotopic (exact) mass is 668 g/mol. The zero-order valence-corrected chi connectivity index (χ0v) is 27.0. The number of aromatic nitrogens is 4. The molecular weight excluding hydrogens is 637 g/mol. The lowest BCUT2D eigenvalue weighted by molar-refractivity contribution is -0.114. The number of thioether (sulfide) groups is 2. The first-order chi connectivity index (χ1) is 21.5. The van der Waals surface area contributed by atoms with Gasteiger partial charge in [0, 0.05) is 34.9 Å². The molecule has 0 aliphatic rings. The molecule has 0 radical (unpaired) electrons. The number of benzene rings is 2. The van der Waals surface area contributed by atoms with Crippen molar-refractivity contribution in [3.05, 3.63) is 92.8 Å². The number of carbonyl (C=O) groups excluding carboxylic acids is 2. The summed E-state index contributed by atoms with van der Waals surface area (Å²) in [5.74, 6) is -0.680. The fourth-order valence-electron chi connectivity index (χ4n) is 4.10. The van der Waals surface area contributed by atoms with Gasteiger partial charge in [0.05, 0.1) is 21.3 Å². The van der Waals surface area contributed by atoms with Gasteiger partial charge in [-0.2, -0.15) is 0 Å². The van der Waals surface area contributed by atoms with Gasteiger partial charge in [-0.3, -0.25) is 19.2 Å². The van der Waals surface area contributed by atoms with E-state index in [0.717, 1.165) is 36.4 Å². The Balaban J connectivity index is 1.30. The zero-order chi connectivity index (χ0) is 32.4. The van der Waals surface area contributed by atoms with E-state index < -0.39 is 9.84 Å². The van der Waals surface area contributed by atoms with Crippen LogP contribution in [-0.2, 0) is 32.3 Å². The molecule has 2 amide bonds. The normalized spacial score (nSPS) is 11.2. The molecule has 2 aromatic heterocycles. The molecule has 0 aliphatic carbocycles. The van der Waals surface area contributed by atoms with E-state index in [2.05, 4.69) is 30.6 Å². The number of anilines is 2. The summed E-state index contributed by atoms with van der Waals surface area (Å²) in [7, 11) is -3.87. The number of hydrogen-bond donors (Lipinski definition) is 4. The highest BCUT2D eigenvalue weighted by molar-refractivity contribution is 8.00. The predicted octanol–water partition coefficient (Wildman–Crippen LogP) is 4.05. The van der Waals surface area contributed by atoms with Gasteiger partial charge in [0.15, 0.2) is 10.3 Å². The van der Waals surface area contributed by atoms with Crippen LogP contribution < -0.4 is 21.8 Å². The number of amides is 2. The summed E-state index contributed by atoms with van der Waals surface area (Å²) >= 11 is 2.20. The number of rotatable bonds is 14. The summed E-state index contributed by atoms with van der Waals surface area (Å²) in [5.41, 5.74) is 1.60. The van der Waals surface area contributed by atoms with Gasteiger partial charge in [-0.1, -0.05) is 50.2 Å².